The van der Waals surface area contributed by atoms with Gasteiger partial charge in [0.1, 0.15) is 11.6 Å². The first-order chi connectivity index (χ1) is 9.69. The summed E-state index contributed by atoms with van der Waals surface area (Å²) in [5.41, 5.74) is 1.02. The van der Waals surface area contributed by atoms with Gasteiger partial charge in [0, 0.05) is 10.5 Å². The smallest absolute Gasteiger partial charge is 0.262 e. The van der Waals surface area contributed by atoms with Gasteiger partial charge in [0.15, 0.2) is 0 Å². The van der Waals surface area contributed by atoms with E-state index in [-0.39, 0.29) is 17.5 Å². The van der Waals surface area contributed by atoms with Crippen molar-refractivity contribution in [3.63, 3.8) is 0 Å². The molecule has 20 heavy (non-hydrogen) atoms. The first kappa shape index (κ1) is 14.8. The van der Waals surface area contributed by atoms with E-state index >= 15 is 0 Å². The minimum Gasteiger partial charge on any atom is -0.349 e. The summed E-state index contributed by atoms with van der Waals surface area (Å²) in [7, 11) is 0. The highest BCUT2D eigenvalue weighted by molar-refractivity contribution is 9.10. The molecule has 0 bridgehead atoms. The normalized spacial score (nSPS) is 16.5. The highest BCUT2D eigenvalue weighted by atomic mass is 79.9. The molecular formula is C16H17BrN2O. The maximum Gasteiger partial charge on any atom is 0.262 e. The first-order valence-corrected chi connectivity index (χ1v) is 7.66. The summed E-state index contributed by atoms with van der Waals surface area (Å²) in [6, 6.07) is 9.73. The standard InChI is InChI=1S/C16H17BrN2O/c17-14-8-6-12(7-9-14)10-13(11-18)16(20)19-15-4-2-1-3-5-15/h6-10,15H,1-5H2,(H,19,20). The van der Waals surface area contributed by atoms with Crippen molar-refractivity contribution in [3.8, 4) is 6.07 Å². The van der Waals surface area contributed by atoms with Crippen LogP contribution in [-0.4, -0.2) is 11.9 Å². The summed E-state index contributed by atoms with van der Waals surface area (Å²) >= 11 is 3.36. The Labute approximate surface area is 127 Å². The molecule has 1 aliphatic rings. The van der Waals surface area contributed by atoms with Crippen LogP contribution < -0.4 is 5.32 Å². The molecule has 1 saturated carbocycles. The lowest BCUT2D eigenvalue weighted by atomic mass is 9.95. The number of nitrogens with zero attached hydrogens (tertiary/aromatic N) is 1. The number of benzene rings is 1. The summed E-state index contributed by atoms with van der Waals surface area (Å²) in [5, 5.41) is 12.1. The van der Waals surface area contributed by atoms with Gasteiger partial charge in [-0.05, 0) is 36.6 Å². The van der Waals surface area contributed by atoms with E-state index in [4.69, 9.17) is 5.26 Å². The van der Waals surface area contributed by atoms with Crippen LogP contribution in [0.5, 0.6) is 0 Å². The predicted molar refractivity (Wildman–Crippen MR) is 82.7 cm³/mol. The van der Waals surface area contributed by atoms with Crippen molar-refractivity contribution in [2.24, 2.45) is 0 Å². The SMILES string of the molecule is N#CC(=Cc1ccc(Br)cc1)C(=O)NC1CCCCC1. The fourth-order valence-corrected chi connectivity index (χ4v) is 2.65. The second-order valence-corrected chi connectivity index (χ2v) is 5.95. The number of nitriles is 1. The number of hydrogen-bond acceptors (Lipinski definition) is 2. The fraction of sp³-hybridized carbons (Fsp3) is 0.375. The Morgan fingerprint density at radius 3 is 2.50 bits per heavy atom. The van der Waals surface area contributed by atoms with Gasteiger partial charge in [0.05, 0.1) is 0 Å². The molecule has 4 heteroatoms. The molecule has 1 aliphatic carbocycles. The van der Waals surface area contributed by atoms with Crippen LogP contribution >= 0.6 is 15.9 Å². The molecule has 1 aromatic carbocycles. The molecule has 104 valence electrons. The minimum atomic E-state index is -0.262. The number of nitrogens with one attached hydrogen (secondary N) is 1. The van der Waals surface area contributed by atoms with Gasteiger partial charge in [-0.3, -0.25) is 4.79 Å². The molecule has 0 aliphatic heterocycles. The second-order valence-electron chi connectivity index (χ2n) is 5.03. The zero-order valence-electron chi connectivity index (χ0n) is 11.2. The quantitative estimate of drug-likeness (QED) is 0.676. The van der Waals surface area contributed by atoms with Crippen molar-refractivity contribution in [2.45, 2.75) is 38.1 Å². The highest BCUT2D eigenvalue weighted by Crippen LogP contribution is 2.18. The van der Waals surface area contributed by atoms with Crippen molar-refractivity contribution in [1.29, 1.82) is 5.26 Å². The van der Waals surface area contributed by atoms with Crippen LogP contribution in [0.2, 0.25) is 0 Å². The van der Waals surface area contributed by atoms with Gasteiger partial charge in [-0.1, -0.05) is 47.3 Å². The maximum atomic E-state index is 12.1. The molecule has 0 radical (unpaired) electrons. The molecule has 1 aromatic rings. The summed E-state index contributed by atoms with van der Waals surface area (Å²) in [4.78, 5) is 12.1. The summed E-state index contributed by atoms with van der Waals surface area (Å²) in [6.45, 7) is 0. The Bertz CT molecular complexity index is 537. The van der Waals surface area contributed by atoms with Crippen molar-refractivity contribution in [3.05, 3.63) is 39.9 Å². The van der Waals surface area contributed by atoms with E-state index in [1.165, 1.54) is 6.42 Å². The van der Waals surface area contributed by atoms with Gasteiger partial charge < -0.3 is 5.32 Å². The first-order valence-electron chi connectivity index (χ1n) is 6.87. The molecule has 2 rings (SSSR count). The predicted octanol–water partition coefficient (Wildman–Crippen LogP) is 3.80. The van der Waals surface area contributed by atoms with Crippen molar-refractivity contribution < 1.29 is 4.79 Å². The Morgan fingerprint density at radius 1 is 1.25 bits per heavy atom. The van der Waals surface area contributed by atoms with Crippen LogP contribution in [0.1, 0.15) is 37.7 Å². The zero-order chi connectivity index (χ0) is 14.4. The van der Waals surface area contributed by atoms with E-state index in [0.717, 1.165) is 35.7 Å². The third-order valence-corrected chi connectivity index (χ3v) is 4.02. The van der Waals surface area contributed by atoms with E-state index in [1.807, 2.05) is 30.3 Å². The molecule has 0 atom stereocenters. The molecule has 0 heterocycles. The third kappa shape index (κ3) is 4.21. The molecule has 0 spiro atoms. The third-order valence-electron chi connectivity index (χ3n) is 3.49. The maximum absolute atomic E-state index is 12.1. The lowest BCUT2D eigenvalue weighted by Crippen LogP contribution is -2.36. The van der Waals surface area contributed by atoms with Crippen LogP contribution in [-0.2, 0) is 4.79 Å². The molecule has 0 saturated heterocycles. The number of carbonyl (C=O) groups excluding carboxylic acids is 1. The molecule has 0 aromatic heterocycles. The summed E-state index contributed by atoms with van der Waals surface area (Å²) in [6.07, 6.45) is 7.22. The summed E-state index contributed by atoms with van der Waals surface area (Å²) in [5.74, 6) is -0.262. The molecule has 1 amide bonds. The van der Waals surface area contributed by atoms with Gasteiger partial charge in [-0.25, -0.2) is 0 Å². The van der Waals surface area contributed by atoms with Gasteiger partial charge in [-0.2, -0.15) is 5.26 Å². The molecule has 1 fully saturated rings. The van der Waals surface area contributed by atoms with E-state index < -0.39 is 0 Å². The molecular weight excluding hydrogens is 316 g/mol. The highest BCUT2D eigenvalue weighted by Gasteiger charge is 2.17. The fourth-order valence-electron chi connectivity index (χ4n) is 2.38. The number of hydrogen-bond donors (Lipinski definition) is 1. The number of halogens is 1. The Morgan fingerprint density at radius 2 is 1.90 bits per heavy atom. The van der Waals surface area contributed by atoms with Crippen molar-refractivity contribution in [1.82, 2.24) is 5.32 Å². The average molecular weight is 333 g/mol. The summed E-state index contributed by atoms with van der Waals surface area (Å²) < 4.78 is 0.972. The van der Waals surface area contributed by atoms with E-state index in [9.17, 15) is 4.79 Å². The largest absolute Gasteiger partial charge is 0.349 e. The van der Waals surface area contributed by atoms with Crippen LogP contribution in [0.25, 0.3) is 6.08 Å². The molecule has 3 nitrogen and oxygen atoms in total. The average Bonchev–Trinajstić information content (AvgIpc) is 2.47. The van der Waals surface area contributed by atoms with Gasteiger partial charge >= 0.3 is 0 Å². The number of rotatable bonds is 3. The van der Waals surface area contributed by atoms with Crippen molar-refractivity contribution in [2.75, 3.05) is 0 Å². The van der Waals surface area contributed by atoms with Gasteiger partial charge in [0.2, 0.25) is 0 Å². The van der Waals surface area contributed by atoms with Crippen LogP contribution in [0, 0.1) is 11.3 Å². The van der Waals surface area contributed by atoms with Crippen LogP contribution in [0.15, 0.2) is 34.3 Å². The molecule has 0 unspecified atom stereocenters. The topological polar surface area (TPSA) is 52.9 Å². The lowest BCUT2D eigenvalue weighted by Gasteiger charge is -2.22. The van der Waals surface area contributed by atoms with Crippen molar-refractivity contribution >= 4 is 27.9 Å². The van der Waals surface area contributed by atoms with E-state index in [0.29, 0.717) is 0 Å². The van der Waals surface area contributed by atoms with Crippen LogP contribution in [0.3, 0.4) is 0 Å². The Balaban J connectivity index is 2.05. The number of carbonyl (C=O) groups is 1. The van der Waals surface area contributed by atoms with E-state index in [1.54, 1.807) is 6.08 Å². The molecule has 1 N–H and O–H groups in total. The monoisotopic (exact) mass is 332 g/mol. The Hall–Kier alpha value is -1.60. The van der Waals surface area contributed by atoms with Gasteiger partial charge in [-0.15, -0.1) is 0 Å². The van der Waals surface area contributed by atoms with E-state index in [2.05, 4.69) is 21.2 Å². The van der Waals surface area contributed by atoms with Gasteiger partial charge in [0.25, 0.3) is 5.91 Å². The van der Waals surface area contributed by atoms with Crippen LogP contribution in [0.4, 0.5) is 0 Å². The zero-order valence-corrected chi connectivity index (χ0v) is 12.8. The Kier molecular flexibility index (Phi) is 5.37. The number of amides is 1. The minimum absolute atomic E-state index is 0.165. The second kappa shape index (κ2) is 7.25. The lowest BCUT2D eigenvalue weighted by molar-refractivity contribution is -0.117.